The van der Waals surface area contributed by atoms with E-state index in [1.807, 2.05) is 48.5 Å². The van der Waals surface area contributed by atoms with E-state index in [1.54, 1.807) is 6.07 Å². The molecule has 3 rings (SSSR count). The van der Waals surface area contributed by atoms with Crippen LogP contribution in [0.4, 0.5) is 17.1 Å². The van der Waals surface area contributed by atoms with Gasteiger partial charge >= 0.3 is 0 Å². The number of azo groups is 1. The van der Waals surface area contributed by atoms with E-state index in [2.05, 4.69) is 51.8 Å². The van der Waals surface area contributed by atoms with Crippen LogP contribution in [-0.2, 0) is 11.8 Å². The third-order valence-electron chi connectivity index (χ3n) is 6.62. The van der Waals surface area contributed by atoms with Crippen molar-refractivity contribution in [2.75, 3.05) is 0 Å². The molecule has 190 valence electrons. The summed E-state index contributed by atoms with van der Waals surface area (Å²) in [5.41, 5.74) is 4.10. The van der Waals surface area contributed by atoms with Gasteiger partial charge in [0.05, 0.1) is 16.2 Å². The number of unbranched alkanes of at least 4 members (excludes halogenated alkanes) is 1. The fourth-order valence-corrected chi connectivity index (χ4v) is 4.17. The molecule has 1 N–H and O–H groups in total. The van der Waals surface area contributed by atoms with Crippen molar-refractivity contribution in [2.24, 2.45) is 10.2 Å². The number of nitrogens with zero attached hydrogens (tertiary/aromatic N) is 3. The number of nitro benzene ring substituents is 1. The van der Waals surface area contributed by atoms with Gasteiger partial charge in [-0.2, -0.15) is 5.11 Å². The lowest BCUT2D eigenvalue weighted by Crippen LogP contribution is -2.12. The third kappa shape index (κ3) is 6.17. The van der Waals surface area contributed by atoms with Gasteiger partial charge < -0.3 is 5.11 Å². The first-order valence-corrected chi connectivity index (χ1v) is 12.7. The lowest BCUT2D eigenvalue weighted by molar-refractivity contribution is -0.384. The maximum Gasteiger partial charge on any atom is 0.279 e. The minimum Gasteiger partial charge on any atom is -0.507 e. The first kappa shape index (κ1) is 27.1. The van der Waals surface area contributed by atoms with Crippen LogP contribution in [0.5, 0.6) is 5.75 Å². The molecule has 0 amide bonds. The average molecular weight is 488 g/mol. The minimum absolute atomic E-state index is 0.0675. The van der Waals surface area contributed by atoms with E-state index >= 15 is 0 Å². The number of rotatable bonds is 9. The second kappa shape index (κ2) is 11.5. The molecule has 0 aliphatic carbocycles. The fraction of sp³-hybridized carbons (Fsp3) is 0.400. The molecule has 0 fully saturated rings. The van der Waals surface area contributed by atoms with Crippen molar-refractivity contribution in [3.63, 3.8) is 0 Å². The van der Waals surface area contributed by atoms with Crippen molar-refractivity contribution >= 4 is 17.1 Å². The molecule has 0 saturated carbocycles. The van der Waals surface area contributed by atoms with Crippen LogP contribution in [0.15, 0.2) is 64.8 Å². The van der Waals surface area contributed by atoms with Gasteiger partial charge in [0, 0.05) is 11.6 Å². The van der Waals surface area contributed by atoms with E-state index in [-0.39, 0.29) is 27.7 Å². The molecule has 0 spiro atoms. The Morgan fingerprint density at radius 1 is 1.03 bits per heavy atom. The van der Waals surface area contributed by atoms with Crippen molar-refractivity contribution in [2.45, 2.75) is 78.6 Å². The number of nitro groups is 1. The molecule has 0 bridgehead atoms. The van der Waals surface area contributed by atoms with Crippen LogP contribution in [0.1, 0.15) is 83.4 Å². The highest BCUT2D eigenvalue weighted by Gasteiger charge is 2.28. The molecule has 0 aliphatic rings. The molecule has 3 aromatic rings. The van der Waals surface area contributed by atoms with Gasteiger partial charge in [-0.15, -0.1) is 5.11 Å². The zero-order valence-electron chi connectivity index (χ0n) is 22.2. The predicted molar refractivity (Wildman–Crippen MR) is 147 cm³/mol. The second-order valence-electron chi connectivity index (χ2n) is 10.4. The Bertz CT molecular complexity index is 1240. The van der Waals surface area contributed by atoms with Crippen LogP contribution in [0.25, 0.3) is 11.1 Å². The number of aromatic hydroxyl groups is 1. The summed E-state index contributed by atoms with van der Waals surface area (Å²) in [6.45, 7) is 12.5. The number of hydrogen-bond acceptors (Lipinski definition) is 5. The van der Waals surface area contributed by atoms with Crippen molar-refractivity contribution < 1.29 is 10.0 Å². The highest BCUT2D eigenvalue weighted by Crippen LogP contribution is 2.48. The molecule has 0 aromatic heterocycles. The van der Waals surface area contributed by atoms with Crippen molar-refractivity contribution in [3.8, 4) is 16.9 Å². The number of benzene rings is 3. The van der Waals surface area contributed by atoms with Gasteiger partial charge in [0.15, 0.2) is 0 Å². The van der Waals surface area contributed by atoms with E-state index in [0.29, 0.717) is 28.9 Å². The highest BCUT2D eigenvalue weighted by atomic mass is 16.6. The first-order chi connectivity index (χ1) is 17.1. The quantitative estimate of drug-likeness (QED) is 0.185. The molecule has 3 aromatic carbocycles. The SMILES string of the molecule is CCCCc1cc(N=Nc2ccccc2)c(-c2cc(C(C)(C)C)cc(C(C)CC)c2O)c([N+](=O)[O-])c1. The Morgan fingerprint density at radius 2 is 1.72 bits per heavy atom. The average Bonchev–Trinajstić information content (AvgIpc) is 2.85. The lowest BCUT2D eigenvalue weighted by Gasteiger charge is -2.24. The Hall–Kier alpha value is -3.54. The zero-order chi connectivity index (χ0) is 26.5. The Labute approximate surface area is 214 Å². The summed E-state index contributed by atoms with van der Waals surface area (Å²) >= 11 is 0. The summed E-state index contributed by atoms with van der Waals surface area (Å²) in [7, 11) is 0. The van der Waals surface area contributed by atoms with Gasteiger partial charge in [0.2, 0.25) is 0 Å². The number of aryl methyl sites for hydroxylation is 1. The summed E-state index contributed by atoms with van der Waals surface area (Å²) in [5, 5.41) is 32.7. The Balaban J connectivity index is 2.38. The third-order valence-corrected chi connectivity index (χ3v) is 6.62. The van der Waals surface area contributed by atoms with Crippen LogP contribution in [0, 0.1) is 10.1 Å². The summed E-state index contributed by atoms with van der Waals surface area (Å²) < 4.78 is 0. The van der Waals surface area contributed by atoms with Crippen LogP contribution in [-0.4, -0.2) is 10.0 Å². The highest BCUT2D eigenvalue weighted by molar-refractivity contribution is 5.89. The smallest absolute Gasteiger partial charge is 0.279 e. The molecule has 1 atom stereocenters. The Morgan fingerprint density at radius 3 is 2.31 bits per heavy atom. The van der Waals surface area contributed by atoms with Gasteiger partial charge in [0.1, 0.15) is 11.4 Å². The fourth-order valence-electron chi connectivity index (χ4n) is 4.17. The van der Waals surface area contributed by atoms with Crippen LogP contribution < -0.4 is 0 Å². The summed E-state index contributed by atoms with van der Waals surface area (Å²) in [6.07, 6.45) is 3.43. The number of hydrogen-bond donors (Lipinski definition) is 1. The molecule has 0 radical (unpaired) electrons. The molecular weight excluding hydrogens is 450 g/mol. The summed E-state index contributed by atoms with van der Waals surface area (Å²) in [6, 6.07) is 16.7. The molecular formula is C30H37N3O3. The van der Waals surface area contributed by atoms with Crippen LogP contribution >= 0.6 is 0 Å². The van der Waals surface area contributed by atoms with Gasteiger partial charge in [0.25, 0.3) is 5.69 Å². The van der Waals surface area contributed by atoms with E-state index in [1.165, 1.54) is 0 Å². The van der Waals surface area contributed by atoms with Gasteiger partial charge in [-0.05, 0) is 71.6 Å². The monoisotopic (exact) mass is 487 g/mol. The van der Waals surface area contributed by atoms with Gasteiger partial charge in [-0.25, -0.2) is 0 Å². The summed E-state index contributed by atoms with van der Waals surface area (Å²) in [5.74, 6) is 0.154. The zero-order valence-corrected chi connectivity index (χ0v) is 22.2. The van der Waals surface area contributed by atoms with Gasteiger partial charge in [-0.3, -0.25) is 10.1 Å². The second-order valence-corrected chi connectivity index (χ2v) is 10.4. The molecule has 0 heterocycles. The van der Waals surface area contributed by atoms with E-state index in [0.717, 1.165) is 36.0 Å². The Kier molecular flexibility index (Phi) is 8.62. The molecule has 6 nitrogen and oxygen atoms in total. The van der Waals surface area contributed by atoms with E-state index in [9.17, 15) is 15.2 Å². The molecule has 36 heavy (non-hydrogen) atoms. The van der Waals surface area contributed by atoms with Gasteiger partial charge in [-0.1, -0.05) is 72.2 Å². The van der Waals surface area contributed by atoms with E-state index in [4.69, 9.17) is 0 Å². The van der Waals surface area contributed by atoms with Crippen LogP contribution in [0.3, 0.4) is 0 Å². The van der Waals surface area contributed by atoms with Crippen molar-refractivity contribution in [1.29, 1.82) is 0 Å². The molecule has 0 saturated heterocycles. The molecule has 0 aliphatic heterocycles. The van der Waals surface area contributed by atoms with Crippen LogP contribution in [0.2, 0.25) is 0 Å². The lowest BCUT2D eigenvalue weighted by atomic mass is 9.81. The predicted octanol–water partition coefficient (Wildman–Crippen LogP) is 9.54. The largest absolute Gasteiger partial charge is 0.507 e. The van der Waals surface area contributed by atoms with Crippen molar-refractivity contribution in [3.05, 3.63) is 81.4 Å². The normalized spacial score (nSPS) is 12.7. The standard InChI is InChI=1S/C30H37N3O3/c1-7-9-13-21-16-26(32-31-23-14-11-10-12-15-23)28(27(17-21)33(35)36)25-19-22(30(4,5)6)18-24(29(25)34)20(3)8-2/h10-12,14-20,34H,7-9,13H2,1-6H3. The topological polar surface area (TPSA) is 88.1 Å². The maximum atomic E-state index is 12.4. The first-order valence-electron chi connectivity index (χ1n) is 12.7. The minimum atomic E-state index is -0.377. The summed E-state index contributed by atoms with van der Waals surface area (Å²) in [4.78, 5) is 12.0. The van der Waals surface area contributed by atoms with E-state index < -0.39 is 0 Å². The number of phenols is 1. The number of phenolic OH excluding ortho intramolecular Hbond substituents is 1. The maximum absolute atomic E-state index is 12.4. The molecule has 6 heteroatoms. The molecule has 1 unspecified atom stereocenters. The van der Waals surface area contributed by atoms with Crippen molar-refractivity contribution in [1.82, 2.24) is 0 Å².